The van der Waals surface area contributed by atoms with Crippen LogP contribution in [0, 0.1) is 49.8 Å². The van der Waals surface area contributed by atoms with E-state index >= 15 is 0 Å². The highest BCUT2D eigenvalue weighted by Crippen LogP contribution is 2.60. The maximum Gasteiger partial charge on any atom is 0.288 e. The van der Waals surface area contributed by atoms with E-state index in [0.29, 0.717) is 24.7 Å². The van der Waals surface area contributed by atoms with E-state index in [9.17, 15) is 30.4 Å². The Morgan fingerprint density at radius 2 is 1.64 bits per heavy atom. The second kappa shape index (κ2) is 7.54. The van der Waals surface area contributed by atoms with Gasteiger partial charge < -0.3 is 14.9 Å². The lowest BCUT2D eigenvalue weighted by Crippen LogP contribution is -2.68. The lowest BCUT2D eigenvalue weighted by Gasteiger charge is -2.61. The van der Waals surface area contributed by atoms with Crippen LogP contribution in [0.2, 0.25) is 0 Å². The molecule has 2 aromatic carbocycles. The summed E-state index contributed by atoms with van der Waals surface area (Å²) in [7, 11) is 0. The zero-order valence-electron chi connectivity index (χ0n) is 17.6. The van der Waals surface area contributed by atoms with Crippen LogP contribution in [0.4, 0.5) is 11.4 Å². The van der Waals surface area contributed by atoms with Crippen molar-refractivity contribution in [1.29, 1.82) is 0 Å². The predicted molar refractivity (Wildman–Crippen MR) is 117 cm³/mol. The first-order valence-electron chi connectivity index (χ1n) is 10.9. The summed E-state index contributed by atoms with van der Waals surface area (Å²) in [6.07, 6.45) is 3.70. The Morgan fingerprint density at radius 1 is 0.939 bits per heavy atom. The molecule has 0 spiro atoms. The van der Waals surface area contributed by atoms with Gasteiger partial charge in [0.15, 0.2) is 5.60 Å². The number of nitrogens with zero attached hydrogens (tertiary/aromatic N) is 2. The van der Waals surface area contributed by atoms with E-state index < -0.39 is 21.0 Å². The summed E-state index contributed by atoms with van der Waals surface area (Å²) < 4.78 is 5.58. The second-order valence-electron chi connectivity index (χ2n) is 9.38. The summed E-state index contributed by atoms with van der Waals surface area (Å²) in [4.78, 5) is 21.5. The average molecular weight is 450 g/mol. The average Bonchev–Trinajstić information content (AvgIpc) is 2.76. The number of nitro groups is 2. The van der Waals surface area contributed by atoms with Crippen molar-refractivity contribution in [3.8, 4) is 23.3 Å². The first kappa shape index (κ1) is 21.4. The van der Waals surface area contributed by atoms with Crippen molar-refractivity contribution >= 4 is 11.4 Å². The zero-order valence-corrected chi connectivity index (χ0v) is 17.6. The molecule has 33 heavy (non-hydrogen) atoms. The van der Waals surface area contributed by atoms with Crippen LogP contribution in [0.5, 0.6) is 11.5 Å². The maximum atomic E-state index is 11.7. The number of non-ortho nitro benzene ring substituents is 1. The third kappa shape index (κ3) is 3.61. The van der Waals surface area contributed by atoms with Crippen molar-refractivity contribution in [2.45, 2.75) is 43.3 Å². The molecule has 0 saturated heterocycles. The molecular weight excluding hydrogens is 428 g/mol. The van der Waals surface area contributed by atoms with Crippen molar-refractivity contribution in [3.63, 3.8) is 0 Å². The van der Waals surface area contributed by atoms with Crippen LogP contribution in [0.25, 0.3) is 0 Å². The Balaban J connectivity index is 1.45. The van der Waals surface area contributed by atoms with Crippen molar-refractivity contribution < 1.29 is 24.8 Å². The number of nitro benzene ring substituents is 2. The van der Waals surface area contributed by atoms with Crippen molar-refractivity contribution in [1.82, 2.24) is 0 Å². The van der Waals surface area contributed by atoms with E-state index in [-0.39, 0.29) is 34.4 Å². The standard InChI is InChI=1S/C24H22N2O7/c27-23-13-15-8-16(14-23)10-18(9-15)24(23,28)7-6-17-4-5-21(12-22(17)26(31)32)33-20-3-1-2-19(11-20)25(29)30/h1-5,11-12,15-16,18,27-28H,8-10,13-14H2. The fourth-order valence-corrected chi connectivity index (χ4v) is 5.98. The monoisotopic (exact) mass is 450 g/mol. The Hall–Kier alpha value is -3.48. The van der Waals surface area contributed by atoms with E-state index in [1.165, 1.54) is 42.5 Å². The fraction of sp³-hybridized carbons (Fsp3) is 0.417. The van der Waals surface area contributed by atoms with Gasteiger partial charge in [-0.05, 0) is 62.1 Å². The first-order valence-corrected chi connectivity index (χ1v) is 10.9. The van der Waals surface area contributed by atoms with Gasteiger partial charge in [0.25, 0.3) is 11.4 Å². The van der Waals surface area contributed by atoms with Crippen LogP contribution >= 0.6 is 0 Å². The number of benzene rings is 2. The summed E-state index contributed by atoms with van der Waals surface area (Å²) in [6, 6.07) is 9.59. The Labute approximate surface area is 189 Å². The third-order valence-corrected chi connectivity index (χ3v) is 7.27. The number of aliphatic hydroxyl groups is 2. The largest absolute Gasteiger partial charge is 0.457 e. The first-order chi connectivity index (χ1) is 15.7. The van der Waals surface area contributed by atoms with Gasteiger partial charge in [0, 0.05) is 12.0 Å². The quantitative estimate of drug-likeness (QED) is 0.409. The van der Waals surface area contributed by atoms with E-state index in [0.717, 1.165) is 19.3 Å². The van der Waals surface area contributed by atoms with Gasteiger partial charge in [-0.25, -0.2) is 0 Å². The van der Waals surface area contributed by atoms with Crippen LogP contribution in [0.3, 0.4) is 0 Å². The molecule has 4 fully saturated rings. The third-order valence-electron chi connectivity index (χ3n) is 7.27. The van der Waals surface area contributed by atoms with Crippen LogP contribution in [-0.2, 0) is 0 Å². The molecule has 0 amide bonds. The Morgan fingerprint density at radius 3 is 2.27 bits per heavy atom. The highest BCUT2D eigenvalue weighted by molar-refractivity contribution is 5.56. The molecule has 2 aromatic rings. The molecule has 6 rings (SSSR count). The molecule has 170 valence electrons. The highest BCUT2D eigenvalue weighted by atomic mass is 16.6. The molecule has 9 nitrogen and oxygen atoms in total. The van der Waals surface area contributed by atoms with Crippen LogP contribution in [0.1, 0.15) is 37.7 Å². The lowest BCUT2D eigenvalue weighted by atomic mass is 9.48. The summed E-state index contributed by atoms with van der Waals surface area (Å²) in [5.74, 6) is 6.52. The molecule has 0 heterocycles. The molecule has 4 bridgehead atoms. The van der Waals surface area contributed by atoms with Gasteiger partial charge >= 0.3 is 0 Å². The molecule has 4 saturated carbocycles. The lowest BCUT2D eigenvalue weighted by molar-refractivity contribution is -0.385. The topological polar surface area (TPSA) is 136 Å². The normalized spacial score (nSPS) is 31.5. The molecular formula is C24H22N2O7. The minimum atomic E-state index is -1.59. The number of hydrogen-bond acceptors (Lipinski definition) is 7. The van der Waals surface area contributed by atoms with E-state index in [4.69, 9.17) is 4.74 Å². The predicted octanol–water partition coefficient (Wildman–Crippen LogP) is 3.95. The van der Waals surface area contributed by atoms with Gasteiger partial charge in [-0.1, -0.05) is 17.9 Å². The number of ether oxygens (including phenoxy) is 1. The van der Waals surface area contributed by atoms with Gasteiger partial charge in [0.1, 0.15) is 22.7 Å². The van der Waals surface area contributed by atoms with Gasteiger partial charge in [0.2, 0.25) is 0 Å². The molecule has 0 radical (unpaired) electrons. The van der Waals surface area contributed by atoms with Gasteiger partial charge in [0.05, 0.1) is 22.0 Å². The van der Waals surface area contributed by atoms with Gasteiger partial charge in [-0.2, -0.15) is 0 Å². The van der Waals surface area contributed by atoms with Gasteiger partial charge in [-0.15, -0.1) is 0 Å². The highest BCUT2D eigenvalue weighted by Gasteiger charge is 2.64. The molecule has 3 atom stereocenters. The number of rotatable bonds is 4. The molecule has 0 aromatic heterocycles. The van der Waals surface area contributed by atoms with Crippen molar-refractivity contribution in [2.24, 2.45) is 17.8 Å². The van der Waals surface area contributed by atoms with E-state index in [2.05, 4.69) is 11.8 Å². The summed E-state index contributed by atoms with van der Waals surface area (Å²) in [5.41, 5.74) is -3.26. The van der Waals surface area contributed by atoms with Crippen LogP contribution < -0.4 is 4.74 Å². The molecule has 4 aliphatic carbocycles. The molecule has 4 aliphatic rings. The molecule has 0 aliphatic heterocycles. The van der Waals surface area contributed by atoms with Gasteiger partial charge in [-0.3, -0.25) is 20.2 Å². The summed E-state index contributed by atoms with van der Waals surface area (Å²) in [5, 5.41) is 45.2. The van der Waals surface area contributed by atoms with E-state index in [1.807, 2.05) is 0 Å². The van der Waals surface area contributed by atoms with Crippen LogP contribution in [0.15, 0.2) is 42.5 Å². The fourth-order valence-electron chi connectivity index (χ4n) is 5.98. The minimum Gasteiger partial charge on any atom is -0.457 e. The SMILES string of the molecule is O=[N+]([O-])c1cccc(Oc2ccc(C#CC3(O)C4CC5CC(C4)CC3(O)C5)c([N+](=O)[O-])c2)c1. The maximum absolute atomic E-state index is 11.7. The molecule has 3 unspecified atom stereocenters. The van der Waals surface area contributed by atoms with Crippen LogP contribution in [-0.4, -0.2) is 31.3 Å². The smallest absolute Gasteiger partial charge is 0.288 e. The molecule has 2 N–H and O–H groups in total. The Kier molecular flexibility index (Phi) is 4.88. The van der Waals surface area contributed by atoms with E-state index in [1.54, 1.807) is 0 Å². The van der Waals surface area contributed by atoms with Crippen molar-refractivity contribution in [2.75, 3.05) is 0 Å². The summed E-state index contributed by atoms with van der Waals surface area (Å²) >= 11 is 0. The minimum absolute atomic E-state index is 0.0947. The summed E-state index contributed by atoms with van der Waals surface area (Å²) in [6.45, 7) is 0. The molecule has 9 heteroatoms. The van der Waals surface area contributed by atoms with Crippen molar-refractivity contribution in [3.05, 3.63) is 68.3 Å². The zero-order chi connectivity index (χ0) is 23.4. The Bertz CT molecular complexity index is 1200. The second-order valence-corrected chi connectivity index (χ2v) is 9.38. The number of hydrogen-bond donors (Lipinski definition) is 2.